The highest BCUT2D eigenvalue weighted by Gasteiger charge is 2.20. The molecule has 0 aliphatic heterocycles. The van der Waals surface area contributed by atoms with Crippen LogP contribution in [0.1, 0.15) is 12.6 Å². The number of ether oxygens (including phenoxy) is 2. The van der Waals surface area contributed by atoms with Crippen molar-refractivity contribution in [3.05, 3.63) is 32.2 Å². The van der Waals surface area contributed by atoms with Gasteiger partial charge in [-0.05, 0) is 6.92 Å². The van der Waals surface area contributed by atoms with Gasteiger partial charge in [-0.1, -0.05) is 0 Å². The van der Waals surface area contributed by atoms with Gasteiger partial charge in [0.05, 0.1) is 19.1 Å². The monoisotopic (exact) mass is 258 g/mol. The molecule has 0 aliphatic rings. The van der Waals surface area contributed by atoms with Crippen molar-refractivity contribution < 1.29 is 19.2 Å². The first kappa shape index (κ1) is 15.6. The van der Waals surface area contributed by atoms with Gasteiger partial charge in [0.1, 0.15) is 0 Å². The minimum absolute atomic E-state index is 0.0220. The number of aromatic amines is 1. The maximum Gasteiger partial charge on any atom is 0.375 e. The summed E-state index contributed by atoms with van der Waals surface area (Å²) in [5, 5.41) is 10.4. The van der Waals surface area contributed by atoms with E-state index in [1.165, 1.54) is 27.2 Å². The van der Waals surface area contributed by atoms with E-state index in [2.05, 4.69) is 9.72 Å². The summed E-state index contributed by atoms with van der Waals surface area (Å²) in [6.07, 6.45) is 0. The SMILES string of the molecule is COC(C)=O.COc1cc(C)[nH]c(=O)c1[N+](=O)[O-]. The largest absolute Gasteiger partial charge is 0.490 e. The highest BCUT2D eigenvalue weighted by molar-refractivity contribution is 5.65. The van der Waals surface area contributed by atoms with E-state index in [4.69, 9.17) is 4.74 Å². The number of hydrogen-bond acceptors (Lipinski definition) is 6. The fraction of sp³-hybridized carbons (Fsp3) is 0.400. The molecule has 1 heterocycles. The van der Waals surface area contributed by atoms with Crippen LogP contribution < -0.4 is 10.3 Å². The van der Waals surface area contributed by atoms with Crippen molar-refractivity contribution in [3.8, 4) is 5.75 Å². The lowest BCUT2D eigenvalue weighted by atomic mass is 10.3. The van der Waals surface area contributed by atoms with Gasteiger partial charge in [0.2, 0.25) is 5.75 Å². The number of H-pyrrole nitrogens is 1. The molecule has 100 valence electrons. The van der Waals surface area contributed by atoms with Crippen molar-refractivity contribution in [1.29, 1.82) is 0 Å². The average Bonchev–Trinajstić information content (AvgIpc) is 2.27. The number of pyridine rings is 1. The molecule has 1 N–H and O–H groups in total. The zero-order valence-corrected chi connectivity index (χ0v) is 10.5. The molecule has 0 fully saturated rings. The van der Waals surface area contributed by atoms with Gasteiger partial charge in [-0.3, -0.25) is 19.7 Å². The average molecular weight is 258 g/mol. The normalized spacial score (nSPS) is 8.89. The summed E-state index contributed by atoms with van der Waals surface area (Å²) < 4.78 is 8.82. The maximum absolute atomic E-state index is 11.1. The quantitative estimate of drug-likeness (QED) is 0.476. The summed E-state index contributed by atoms with van der Waals surface area (Å²) in [6, 6.07) is 1.40. The third kappa shape index (κ3) is 4.64. The Kier molecular flexibility index (Phi) is 6.11. The first-order chi connectivity index (χ1) is 8.33. The number of esters is 1. The zero-order chi connectivity index (χ0) is 14.3. The molecular formula is C10H14N2O6. The smallest absolute Gasteiger partial charge is 0.375 e. The van der Waals surface area contributed by atoms with Crippen LogP contribution >= 0.6 is 0 Å². The van der Waals surface area contributed by atoms with Crippen LogP contribution in [0.5, 0.6) is 5.75 Å². The van der Waals surface area contributed by atoms with E-state index in [-0.39, 0.29) is 11.7 Å². The Balaban J connectivity index is 0.000000494. The molecule has 8 nitrogen and oxygen atoms in total. The van der Waals surface area contributed by atoms with Gasteiger partial charge in [0.15, 0.2) is 0 Å². The third-order valence-corrected chi connectivity index (χ3v) is 1.80. The molecule has 0 spiro atoms. The van der Waals surface area contributed by atoms with Crippen LogP contribution in [-0.4, -0.2) is 30.1 Å². The number of rotatable bonds is 2. The minimum Gasteiger partial charge on any atom is -0.490 e. The molecule has 0 atom stereocenters. The van der Waals surface area contributed by atoms with Gasteiger partial charge in [-0.2, -0.15) is 0 Å². The molecule has 0 amide bonds. The molecule has 0 unspecified atom stereocenters. The van der Waals surface area contributed by atoms with Crippen LogP contribution in [-0.2, 0) is 9.53 Å². The third-order valence-electron chi connectivity index (χ3n) is 1.80. The molecule has 18 heavy (non-hydrogen) atoms. The summed E-state index contributed by atoms with van der Waals surface area (Å²) in [4.78, 5) is 32.6. The van der Waals surface area contributed by atoms with Crippen molar-refractivity contribution in [2.24, 2.45) is 0 Å². The van der Waals surface area contributed by atoms with Gasteiger partial charge in [-0.15, -0.1) is 0 Å². The van der Waals surface area contributed by atoms with E-state index < -0.39 is 16.2 Å². The van der Waals surface area contributed by atoms with Crippen LogP contribution in [0.3, 0.4) is 0 Å². The Bertz CT molecular complexity index is 494. The summed E-state index contributed by atoms with van der Waals surface area (Å²) in [5.74, 6) is -0.267. The molecule has 0 aromatic carbocycles. The topological polar surface area (TPSA) is 112 Å². The second-order valence-electron chi connectivity index (χ2n) is 3.15. The molecule has 0 aliphatic carbocycles. The minimum atomic E-state index is -0.767. The number of methoxy groups -OCH3 is 2. The van der Waals surface area contributed by atoms with Gasteiger partial charge < -0.3 is 14.5 Å². The number of nitrogens with one attached hydrogen (secondary N) is 1. The standard InChI is InChI=1S/C7H8N2O4.C3H6O2/c1-4-3-5(13-2)6(9(11)12)7(10)8-4;1-3(4)5-2/h3H,1-2H3,(H,8,10);1-2H3. The second kappa shape index (κ2) is 7.05. The van der Waals surface area contributed by atoms with Crippen LogP contribution in [0.15, 0.2) is 10.9 Å². The van der Waals surface area contributed by atoms with Crippen LogP contribution in [0.2, 0.25) is 0 Å². The van der Waals surface area contributed by atoms with Crippen LogP contribution in [0.4, 0.5) is 5.69 Å². The number of carbonyl (C=O) groups excluding carboxylic acids is 1. The summed E-state index contributed by atoms with van der Waals surface area (Å²) in [6.45, 7) is 2.98. The van der Waals surface area contributed by atoms with Crippen molar-refractivity contribution in [1.82, 2.24) is 4.98 Å². The molecule has 0 saturated heterocycles. The molecule has 1 aromatic heterocycles. The summed E-state index contributed by atoms with van der Waals surface area (Å²) in [7, 11) is 2.63. The molecule has 1 aromatic rings. The fourth-order valence-electron chi connectivity index (χ4n) is 0.980. The Morgan fingerprint density at radius 3 is 2.28 bits per heavy atom. The van der Waals surface area contributed by atoms with Crippen LogP contribution in [0, 0.1) is 17.0 Å². The van der Waals surface area contributed by atoms with Crippen LogP contribution in [0.25, 0.3) is 0 Å². The van der Waals surface area contributed by atoms with Gasteiger partial charge in [0.25, 0.3) is 0 Å². The van der Waals surface area contributed by atoms with Crippen molar-refractivity contribution >= 4 is 11.7 Å². The Labute approximate surface area is 103 Å². The van der Waals surface area contributed by atoms with Crippen molar-refractivity contribution in [2.45, 2.75) is 13.8 Å². The van der Waals surface area contributed by atoms with Gasteiger partial charge in [0, 0.05) is 18.7 Å². The number of aromatic nitrogens is 1. The van der Waals surface area contributed by atoms with E-state index in [1.54, 1.807) is 6.92 Å². The number of carbonyl (C=O) groups is 1. The molecule has 8 heteroatoms. The number of nitro groups is 1. The number of aryl methyl sites for hydroxylation is 1. The Morgan fingerprint density at radius 2 is 1.94 bits per heavy atom. The lowest BCUT2D eigenvalue weighted by molar-refractivity contribution is -0.387. The van der Waals surface area contributed by atoms with Crippen molar-refractivity contribution in [2.75, 3.05) is 14.2 Å². The van der Waals surface area contributed by atoms with Gasteiger partial charge >= 0.3 is 17.2 Å². The van der Waals surface area contributed by atoms with Crippen molar-refractivity contribution in [3.63, 3.8) is 0 Å². The fourth-order valence-corrected chi connectivity index (χ4v) is 0.980. The van der Waals surface area contributed by atoms with Gasteiger partial charge in [-0.25, -0.2) is 0 Å². The predicted molar refractivity (Wildman–Crippen MR) is 62.7 cm³/mol. The molecular weight excluding hydrogens is 244 g/mol. The molecule has 0 radical (unpaired) electrons. The zero-order valence-electron chi connectivity index (χ0n) is 10.5. The van der Waals surface area contributed by atoms with E-state index in [9.17, 15) is 19.7 Å². The lowest BCUT2D eigenvalue weighted by Gasteiger charge is -2.00. The molecule has 0 saturated carbocycles. The number of nitrogens with zero attached hydrogens (tertiary/aromatic N) is 1. The highest BCUT2D eigenvalue weighted by atomic mass is 16.6. The summed E-state index contributed by atoms with van der Waals surface area (Å²) >= 11 is 0. The van der Waals surface area contributed by atoms with E-state index >= 15 is 0 Å². The van der Waals surface area contributed by atoms with E-state index in [0.717, 1.165) is 0 Å². The lowest BCUT2D eigenvalue weighted by Crippen LogP contribution is -2.13. The first-order valence-electron chi connectivity index (χ1n) is 4.80. The molecule has 1 rings (SSSR count). The van der Waals surface area contributed by atoms with E-state index in [1.807, 2.05) is 0 Å². The highest BCUT2D eigenvalue weighted by Crippen LogP contribution is 2.21. The predicted octanol–water partition coefficient (Wildman–Crippen LogP) is 0.779. The Morgan fingerprint density at radius 1 is 1.44 bits per heavy atom. The summed E-state index contributed by atoms with van der Waals surface area (Å²) in [5.41, 5.74) is -0.789. The Hall–Kier alpha value is -2.38. The number of hydrogen-bond donors (Lipinski definition) is 1. The second-order valence-corrected chi connectivity index (χ2v) is 3.15. The maximum atomic E-state index is 11.1. The molecule has 0 bridgehead atoms. The van der Waals surface area contributed by atoms with E-state index in [0.29, 0.717) is 5.69 Å². The first-order valence-corrected chi connectivity index (χ1v) is 4.80.